The minimum atomic E-state index is -2.90. The third kappa shape index (κ3) is 5.52. The number of rotatable bonds is 7. The summed E-state index contributed by atoms with van der Waals surface area (Å²) in [5.41, 5.74) is 1.61. The second-order valence-corrected chi connectivity index (χ2v) is 5.34. The third-order valence-electron chi connectivity index (χ3n) is 2.82. The van der Waals surface area contributed by atoms with Crippen molar-refractivity contribution in [1.29, 1.82) is 0 Å². The summed E-state index contributed by atoms with van der Waals surface area (Å²) >= 11 is 3.35. The molecule has 2 aromatic rings. The van der Waals surface area contributed by atoms with Crippen LogP contribution in [0.15, 0.2) is 52.1 Å². The van der Waals surface area contributed by atoms with E-state index in [4.69, 9.17) is 9.57 Å². The SMILES string of the molecule is COc1cc(/C=N/OCc2ccc(Br)cc2)ccc1OC(F)F. The van der Waals surface area contributed by atoms with E-state index in [-0.39, 0.29) is 11.5 Å². The molecule has 0 fully saturated rings. The number of ether oxygens (including phenoxy) is 2. The van der Waals surface area contributed by atoms with Crippen LogP contribution in [0.5, 0.6) is 11.5 Å². The summed E-state index contributed by atoms with van der Waals surface area (Å²) in [5, 5.41) is 3.84. The largest absolute Gasteiger partial charge is 0.493 e. The summed E-state index contributed by atoms with van der Waals surface area (Å²) in [6.07, 6.45) is 1.47. The van der Waals surface area contributed by atoms with Gasteiger partial charge in [-0.2, -0.15) is 8.78 Å². The van der Waals surface area contributed by atoms with Crippen molar-refractivity contribution in [2.24, 2.45) is 5.16 Å². The summed E-state index contributed by atoms with van der Waals surface area (Å²) in [7, 11) is 1.37. The smallest absolute Gasteiger partial charge is 0.387 e. The van der Waals surface area contributed by atoms with Gasteiger partial charge in [-0.3, -0.25) is 0 Å². The molecule has 0 aliphatic heterocycles. The third-order valence-corrected chi connectivity index (χ3v) is 3.35. The molecule has 0 aliphatic carbocycles. The van der Waals surface area contributed by atoms with Gasteiger partial charge in [-0.05, 0) is 35.9 Å². The van der Waals surface area contributed by atoms with Crippen LogP contribution in [-0.2, 0) is 11.4 Å². The first-order chi connectivity index (χ1) is 11.1. The molecule has 7 heteroatoms. The number of oxime groups is 1. The fourth-order valence-corrected chi connectivity index (χ4v) is 2.01. The van der Waals surface area contributed by atoms with E-state index in [1.807, 2.05) is 24.3 Å². The number of hydrogen-bond donors (Lipinski definition) is 0. The highest BCUT2D eigenvalue weighted by molar-refractivity contribution is 9.10. The maximum absolute atomic E-state index is 12.2. The van der Waals surface area contributed by atoms with Crippen LogP contribution in [0.2, 0.25) is 0 Å². The first-order valence-corrected chi connectivity index (χ1v) is 7.40. The zero-order chi connectivity index (χ0) is 16.7. The Morgan fingerprint density at radius 3 is 2.52 bits per heavy atom. The van der Waals surface area contributed by atoms with Crippen LogP contribution in [0.4, 0.5) is 8.78 Å². The van der Waals surface area contributed by atoms with Crippen LogP contribution in [0.25, 0.3) is 0 Å². The monoisotopic (exact) mass is 385 g/mol. The molecule has 0 aromatic heterocycles. The van der Waals surface area contributed by atoms with Crippen molar-refractivity contribution < 1.29 is 23.1 Å². The summed E-state index contributed by atoms with van der Waals surface area (Å²) in [6.45, 7) is -2.58. The standard InChI is InChI=1S/C16H14BrF2NO3/c1-21-15-8-12(4-7-14(15)23-16(18)19)9-20-22-10-11-2-5-13(17)6-3-11/h2-9,16H,10H2,1H3/b20-9+. The van der Waals surface area contributed by atoms with Gasteiger partial charge in [-0.15, -0.1) is 0 Å². The fraction of sp³-hybridized carbons (Fsp3) is 0.188. The molecule has 23 heavy (non-hydrogen) atoms. The zero-order valence-corrected chi connectivity index (χ0v) is 13.8. The molecule has 0 saturated heterocycles. The Bertz CT molecular complexity index is 663. The van der Waals surface area contributed by atoms with E-state index in [0.29, 0.717) is 12.2 Å². The van der Waals surface area contributed by atoms with Gasteiger partial charge in [0.25, 0.3) is 0 Å². The molecule has 0 aliphatic rings. The highest BCUT2D eigenvalue weighted by Gasteiger charge is 2.10. The molecule has 0 bridgehead atoms. The molecular weight excluding hydrogens is 372 g/mol. The van der Waals surface area contributed by atoms with Crippen LogP contribution in [0.3, 0.4) is 0 Å². The Hall–Kier alpha value is -2.15. The number of benzene rings is 2. The summed E-state index contributed by atoms with van der Waals surface area (Å²) in [4.78, 5) is 5.19. The fourth-order valence-electron chi connectivity index (χ4n) is 1.75. The maximum atomic E-state index is 12.2. The average molecular weight is 386 g/mol. The molecule has 122 valence electrons. The topological polar surface area (TPSA) is 40.0 Å². The minimum Gasteiger partial charge on any atom is -0.493 e. The van der Waals surface area contributed by atoms with Gasteiger partial charge in [0, 0.05) is 10.0 Å². The minimum absolute atomic E-state index is 0.0320. The van der Waals surface area contributed by atoms with Crippen molar-refractivity contribution in [2.75, 3.05) is 7.11 Å². The molecule has 2 rings (SSSR count). The lowest BCUT2D eigenvalue weighted by molar-refractivity contribution is -0.0512. The quantitative estimate of drug-likeness (QED) is 0.516. The Morgan fingerprint density at radius 2 is 1.87 bits per heavy atom. The van der Waals surface area contributed by atoms with Crippen molar-refractivity contribution in [3.63, 3.8) is 0 Å². The molecule has 4 nitrogen and oxygen atoms in total. The Balaban J connectivity index is 1.95. The van der Waals surface area contributed by atoms with Crippen LogP contribution >= 0.6 is 15.9 Å². The number of hydrogen-bond acceptors (Lipinski definition) is 4. The number of methoxy groups -OCH3 is 1. The van der Waals surface area contributed by atoms with E-state index in [1.165, 1.54) is 25.5 Å². The number of nitrogens with zero attached hydrogens (tertiary/aromatic N) is 1. The molecule has 0 saturated carbocycles. The summed E-state index contributed by atoms with van der Waals surface area (Å²) in [5.74, 6) is 0.164. The van der Waals surface area contributed by atoms with Crippen LogP contribution in [0, 0.1) is 0 Å². The van der Waals surface area contributed by atoms with Gasteiger partial charge in [-0.1, -0.05) is 33.2 Å². The van der Waals surface area contributed by atoms with Crippen molar-refractivity contribution >= 4 is 22.1 Å². The summed E-state index contributed by atoms with van der Waals surface area (Å²) < 4.78 is 34.8. The molecule has 0 amide bonds. The van der Waals surface area contributed by atoms with Crippen LogP contribution in [0.1, 0.15) is 11.1 Å². The Morgan fingerprint density at radius 1 is 1.13 bits per heavy atom. The van der Waals surface area contributed by atoms with Crippen LogP contribution < -0.4 is 9.47 Å². The van der Waals surface area contributed by atoms with Gasteiger partial charge >= 0.3 is 6.61 Å². The van der Waals surface area contributed by atoms with E-state index in [2.05, 4.69) is 25.8 Å². The van der Waals surface area contributed by atoms with E-state index in [1.54, 1.807) is 6.07 Å². The lowest BCUT2D eigenvalue weighted by Crippen LogP contribution is -2.03. The van der Waals surface area contributed by atoms with Gasteiger partial charge in [0.1, 0.15) is 6.61 Å². The highest BCUT2D eigenvalue weighted by Crippen LogP contribution is 2.28. The van der Waals surface area contributed by atoms with E-state index in [9.17, 15) is 8.78 Å². The summed E-state index contributed by atoms with van der Waals surface area (Å²) in [6, 6.07) is 12.2. The maximum Gasteiger partial charge on any atom is 0.387 e. The Labute approximate surface area is 140 Å². The molecule has 0 N–H and O–H groups in total. The highest BCUT2D eigenvalue weighted by atomic mass is 79.9. The second-order valence-electron chi connectivity index (χ2n) is 4.42. The normalized spacial score (nSPS) is 11.0. The van der Waals surface area contributed by atoms with Crippen molar-refractivity contribution in [2.45, 2.75) is 13.2 Å². The van der Waals surface area contributed by atoms with Crippen molar-refractivity contribution in [1.82, 2.24) is 0 Å². The van der Waals surface area contributed by atoms with Gasteiger partial charge in [-0.25, -0.2) is 0 Å². The lowest BCUT2D eigenvalue weighted by atomic mass is 10.2. The molecule has 0 unspecified atom stereocenters. The lowest BCUT2D eigenvalue weighted by Gasteiger charge is -2.09. The number of alkyl halides is 2. The first kappa shape index (κ1) is 17.2. The predicted molar refractivity (Wildman–Crippen MR) is 86.2 cm³/mol. The first-order valence-electron chi connectivity index (χ1n) is 6.61. The van der Waals surface area contributed by atoms with Crippen molar-refractivity contribution in [3.8, 4) is 11.5 Å². The molecule has 0 atom stereocenters. The zero-order valence-electron chi connectivity index (χ0n) is 12.2. The predicted octanol–water partition coefficient (Wildman–Crippen LogP) is 4.61. The Kier molecular flexibility index (Phi) is 6.34. The van der Waals surface area contributed by atoms with Gasteiger partial charge in [0.15, 0.2) is 11.5 Å². The van der Waals surface area contributed by atoms with Crippen LogP contribution in [-0.4, -0.2) is 19.9 Å². The van der Waals surface area contributed by atoms with Gasteiger partial charge in [0.2, 0.25) is 0 Å². The van der Waals surface area contributed by atoms with E-state index < -0.39 is 6.61 Å². The average Bonchev–Trinajstić information content (AvgIpc) is 2.54. The number of halogens is 3. The molecular formula is C16H14BrF2NO3. The van der Waals surface area contributed by atoms with Gasteiger partial charge in [0.05, 0.1) is 13.3 Å². The molecule has 0 heterocycles. The van der Waals surface area contributed by atoms with E-state index in [0.717, 1.165) is 10.0 Å². The molecule has 0 radical (unpaired) electrons. The van der Waals surface area contributed by atoms with E-state index >= 15 is 0 Å². The molecule has 2 aromatic carbocycles. The van der Waals surface area contributed by atoms with Crippen molar-refractivity contribution in [3.05, 3.63) is 58.1 Å². The second kappa shape index (κ2) is 8.47. The van der Waals surface area contributed by atoms with Gasteiger partial charge < -0.3 is 14.3 Å². The molecule has 0 spiro atoms.